The van der Waals surface area contributed by atoms with Crippen molar-refractivity contribution in [2.45, 2.75) is 6.92 Å². The smallest absolute Gasteiger partial charge is 0.200 e. The lowest BCUT2D eigenvalue weighted by atomic mass is 10.3. The molecule has 6 heteroatoms. The average molecular weight is 274 g/mol. The molecule has 0 saturated heterocycles. The van der Waals surface area contributed by atoms with E-state index in [0.717, 1.165) is 22.1 Å². The number of thiophene rings is 1. The van der Waals surface area contributed by atoms with Crippen molar-refractivity contribution in [1.29, 1.82) is 0 Å². The standard InChI is InChI=1S/C12H10N4S2/c1-8-9(4-2-6-13-8)16-11(14-15-12(16)17)10-5-3-7-18-10/h2-7H,1H3,(H,15,17). The SMILES string of the molecule is Cc1ncccc1-n1c(-c2cccs2)n[nH]c1=S. The summed E-state index contributed by atoms with van der Waals surface area (Å²) in [5.41, 5.74) is 1.88. The van der Waals surface area contributed by atoms with E-state index >= 15 is 0 Å². The highest BCUT2D eigenvalue weighted by Crippen LogP contribution is 2.26. The van der Waals surface area contributed by atoms with E-state index in [1.54, 1.807) is 17.5 Å². The fraction of sp³-hybridized carbons (Fsp3) is 0.0833. The van der Waals surface area contributed by atoms with Crippen LogP contribution in [0.1, 0.15) is 5.69 Å². The van der Waals surface area contributed by atoms with E-state index in [1.807, 2.05) is 41.1 Å². The van der Waals surface area contributed by atoms with Gasteiger partial charge in [0, 0.05) is 6.20 Å². The van der Waals surface area contributed by atoms with Crippen LogP contribution in [0.4, 0.5) is 0 Å². The molecule has 0 fully saturated rings. The zero-order chi connectivity index (χ0) is 12.5. The molecule has 0 saturated carbocycles. The second-order valence-electron chi connectivity index (χ2n) is 3.77. The first kappa shape index (κ1) is 11.3. The number of H-pyrrole nitrogens is 1. The van der Waals surface area contributed by atoms with Gasteiger partial charge in [0.05, 0.1) is 16.3 Å². The van der Waals surface area contributed by atoms with Crippen LogP contribution >= 0.6 is 23.6 Å². The molecule has 0 aliphatic rings. The molecule has 3 heterocycles. The van der Waals surface area contributed by atoms with Crippen LogP contribution in [-0.4, -0.2) is 19.7 Å². The maximum Gasteiger partial charge on any atom is 0.200 e. The number of aromatic nitrogens is 4. The minimum Gasteiger partial charge on any atom is -0.266 e. The van der Waals surface area contributed by atoms with Crippen molar-refractivity contribution in [3.63, 3.8) is 0 Å². The van der Waals surface area contributed by atoms with E-state index in [2.05, 4.69) is 15.2 Å². The van der Waals surface area contributed by atoms with E-state index in [9.17, 15) is 0 Å². The van der Waals surface area contributed by atoms with Crippen molar-refractivity contribution >= 4 is 23.6 Å². The Morgan fingerprint density at radius 3 is 2.94 bits per heavy atom. The molecule has 0 unspecified atom stereocenters. The molecule has 3 aromatic rings. The zero-order valence-corrected chi connectivity index (χ0v) is 11.3. The van der Waals surface area contributed by atoms with Gasteiger partial charge in [0.15, 0.2) is 10.6 Å². The molecule has 0 aromatic carbocycles. The molecule has 90 valence electrons. The minimum atomic E-state index is 0.578. The van der Waals surface area contributed by atoms with Crippen LogP contribution in [0.3, 0.4) is 0 Å². The van der Waals surface area contributed by atoms with E-state index in [4.69, 9.17) is 12.2 Å². The van der Waals surface area contributed by atoms with Crippen molar-refractivity contribution in [3.8, 4) is 16.4 Å². The molecule has 4 nitrogen and oxygen atoms in total. The second-order valence-corrected chi connectivity index (χ2v) is 5.11. The Morgan fingerprint density at radius 1 is 1.33 bits per heavy atom. The summed E-state index contributed by atoms with van der Waals surface area (Å²) in [5, 5.41) is 9.17. The third-order valence-corrected chi connectivity index (χ3v) is 3.77. The number of aryl methyl sites for hydroxylation is 1. The summed E-state index contributed by atoms with van der Waals surface area (Å²) in [5.74, 6) is 0.825. The van der Waals surface area contributed by atoms with Crippen LogP contribution in [-0.2, 0) is 0 Å². The Bertz CT molecular complexity index is 725. The van der Waals surface area contributed by atoms with Gasteiger partial charge in [-0.25, -0.2) is 0 Å². The van der Waals surface area contributed by atoms with Crippen molar-refractivity contribution in [2.24, 2.45) is 0 Å². The zero-order valence-electron chi connectivity index (χ0n) is 9.62. The lowest BCUT2D eigenvalue weighted by molar-refractivity contribution is 0.996. The number of nitrogens with zero attached hydrogens (tertiary/aromatic N) is 3. The molecule has 0 aliphatic heterocycles. The molecule has 0 aliphatic carbocycles. The fourth-order valence-corrected chi connectivity index (χ4v) is 2.74. The monoisotopic (exact) mass is 274 g/mol. The van der Waals surface area contributed by atoms with Crippen LogP contribution in [0, 0.1) is 11.7 Å². The lowest BCUT2D eigenvalue weighted by Crippen LogP contribution is -2.00. The van der Waals surface area contributed by atoms with Gasteiger partial charge in [0.2, 0.25) is 0 Å². The van der Waals surface area contributed by atoms with Crippen molar-refractivity contribution in [1.82, 2.24) is 19.7 Å². The van der Waals surface area contributed by atoms with E-state index in [-0.39, 0.29) is 0 Å². The largest absolute Gasteiger partial charge is 0.266 e. The topological polar surface area (TPSA) is 46.5 Å². The summed E-state index contributed by atoms with van der Waals surface area (Å²) in [6, 6.07) is 7.91. The van der Waals surface area contributed by atoms with Crippen LogP contribution < -0.4 is 0 Å². The van der Waals surface area contributed by atoms with Crippen LogP contribution in [0.25, 0.3) is 16.4 Å². The number of rotatable bonds is 2. The number of nitrogens with one attached hydrogen (secondary N) is 1. The third-order valence-electron chi connectivity index (χ3n) is 2.63. The van der Waals surface area contributed by atoms with Crippen molar-refractivity contribution in [2.75, 3.05) is 0 Å². The average Bonchev–Trinajstić information content (AvgIpc) is 2.99. The van der Waals surface area contributed by atoms with E-state index in [0.29, 0.717) is 4.77 Å². The van der Waals surface area contributed by atoms with Crippen LogP contribution in [0.5, 0.6) is 0 Å². The highest BCUT2D eigenvalue weighted by atomic mass is 32.1. The first-order chi connectivity index (χ1) is 8.77. The highest BCUT2D eigenvalue weighted by molar-refractivity contribution is 7.71. The molecular weight excluding hydrogens is 264 g/mol. The van der Waals surface area contributed by atoms with Gasteiger partial charge in [-0.3, -0.25) is 14.6 Å². The Labute approximate surface area is 113 Å². The maximum atomic E-state index is 5.31. The van der Waals surface area contributed by atoms with Crippen molar-refractivity contribution in [3.05, 3.63) is 46.3 Å². The van der Waals surface area contributed by atoms with Gasteiger partial charge in [0.25, 0.3) is 0 Å². The molecule has 0 atom stereocenters. The molecule has 3 rings (SSSR count). The summed E-state index contributed by atoms with van der Waals surface area (Å²) in [6.07, 6.45) is 1.77. The molecular formula is C12H10N4S2. The summed E-state index contributed by atoms with van der Waals surface area (Å²) < 4.78 is 2.50. The predicted octanol–water partition coefficient (Wildman–Crippen LogP) is 3.36. The predicted molar refractivity (Wildman–Crippen MR) is 74.6 cm³/mol. The quantitative estimate of drug-likeness (QED) is 0.729. The Hall–Kier alpha value is -1.79. The van der Waals surface area contributed by atoms with E-state index < -0.39 is 0 Å². The van der Waals surface area contributed by atoms with Gasteiger partial charge in [0.1, 0.15) is 0 Å². The summed E-state index contributed by atoms with van der Waals surface area (Å²) in [4.78, 5) is 5.37. The van der Waals surface area contributed by atoms with Gasteiger partial charge < -0.3 is 0 Å². The first-order valence-corrected chi connectivity index (χ1v) is 6.69. The Balaban J connectivity index is 2.28. The number of hydrogen-bond acceptors (Lipinski definition) is 4. The summed E-state index contributed by atoms with van der Waals surface area (Å²) >= 11 is 6.94. The molecule has 18 heavy (non-hydrogen) atoms. The minimum absolute atomic E-state index is 0.578. The molecule has 0 spiro atoms. The van der Waals surface area contributed by atoms with Crippen LogP contribution in [0.15, 0.2) is 35.8 Å². The molecule has 0 amide bonds. The second kappa shape index (κ2) is 4.47. The van der Waals surface area contributed by atoms with Gasteiger partial charge in [-0.15, -0.1) is 11.3 Å². The number of hydrogen-bond donors (Lipinski definition) is 1. The van der Waals surface area contributed by atoms with Gasteiger partial charge in [-0.2, -0.15) is 5.10 Å². The van der Waals surface area contributed by atoms with E-state index in [1.165, 1.54) is 0 Å². The van der Waals surface area contributed by atoms with Gasteiger partial charge >= 0.3 is 0 Å². The fourth-order valence-electron chi connectivity index (χ4n) is 1.80. The molecule has 3 aromatic heterocycles. The molecule has 0 bridgehead atoms. The Kier molecular flexibility index (Phi) is 2.81. The van der Waals surface area contributed by atoms with Gasteiger partial charge in [-0.05, 0) is 42.7 Å². The number of pyridine rings is 1. The van der Waals surface area contributed by atoms with Gasteiger partial charge in [-0.1, -0.05) is 6.07 Å². The maximum absolute atomic E-state index is 5.31. The third kappa shape index (κ3) is 1.79. The van der Waals surface area contributed by atoms with Crippen molar-refractivity contribution < 1.29 is 0 Å². The van der Waals surface area contributed by atoms with Crippen LogP contribution in [0.2, 0.25) is 0 Å². The molecule has 1 N–H and O–H groups in total. The first-order valence-electron chi connectivity index (χ1n) is 5.40. The Morgan fingerprint density at radius 2 is 2.22 bits per heavy atom. The lowest BCUT2D eigenvalue weighted by Gasteiger charge is -2.07. The highest BCUT2D eigenvalue weighted by Gasteiger charge is 2.13. The summed E-state index contributed by atoms with van der Waals surface area (Å²) in [6.45, 7) is 1.96. The molecule has 0 radical (unpaired) electrons. The summed E-state index contributed by atoms with van der Waals surface area (Å²) in [7, 11) is 0. The number of aromatic amines is 1. The normalized spacial score (nSPS) is 10.7.